The van der Waals surface area contributed by atoms with Crippen molar-refractivity contribution in [3.63, 3.8) is 0 Å². The number of imidazole rings is 1. The third kappa shape index (κ3) is 3.44. The standard InChI is InChI=1S/C17H18BN4O4PS2/c1-8-13-12(9(2)23)16(24)22(13)14(17(25)26-27-20-18)15(8)29-5-3-10-19-7-11-21(10)4-6-28-11/h4,6-9,12-13,23H,3,5H2,1-2H3/t8-,9?,12?,13?/m1/s1. The Morgan fingerprint density at radius 2 is 2.38 bits per heavy atom. The summed E-state index contributed by atoms with van der Waals surface area (Å²) in [6.45, 7) is 3.58. The summed E-state index contributed by atoms with van der Waals surface area (Å²) in [6, 6.07) is -0.242. The molecular formula is C17H18BN4O4PS2. The maximum atomic E-state index is 12.6. The molecule has 2 radical (unpaired) electrons. The minimum Gasteiger partial charge on any atom is -0.393 e. The summed E-state index contributed by atoms with van der Waals surface area (Å²) in [4.78, 5) is 33.0. The van der Waals surface area contributed by atoms with Crippen LogP contribution in [0.5, 0.6) is 0 Å². The molecule has 1 amide bonds. The number of nitrogens with zero attached hydrogens (tertiary/aromatic N) is 4. The van der Waals surface area contributed by atoms with Crippen LogP contribution in [-0.2, 0) is 20.5 Å². The van der Waals surface area contributed by atoms with E-state index in [4.69, 9.17) is 12.5 Å². The number of hydrogen-bond acceptors (Lipinski definition) is 8. The largest absolute Gasteiger partial charge is 0.393 e. The lowest BCUT2D eigenvalue weighted by molar-refractivity contribution is -0.162. The molecule has 2 aromatic rings. The molecule has 0 spiro atoms. The van der Waals surface area contributed by atoms with Gasteiger partial charge in [-0.2, -0.15) is 0 Å². The van der Waals surface area contributed by atoms with Crippen LogP contribution in [0.1, 0.15) is 19.7 Å². The van der Waals surface area contributed by atoms with Crippen molar-refractivity contribution in [3.05, 3.63) is 34.2 Å². The Balaban J connectivity index is 1.55. The lowest BCUT2D eigenvalue weighted by Gasteiger charge is -2.46. The van der Waals surface area contributed by atoms with Gasteiger partial charge in [-0.3, -0.25) is 9.20 Å². The van der Waals surface area contributed by atoms with E-state index in [1.807, 2.05) is 24.7 Å². The average molecular weight is 448 g/mol. The van der Waals surface area contributed by atoms with E-state index in [0.717, 1.165) is 15.6 Å². The van der Waals surface area contributed by atoms with Gasteiger partial charge in [0.1, 0.15) is 16.4 Å². The Labute approximate surface area is 178 Å². The second kappa shape index (κ2) is 8.22. The van der Waals surface area contributed by atoms with Gasteiger partial charge >= 0.3 is 5.97 Å². The number of fused-ring (bicyclic) bond motifs is 2. The highest BCUT2D eigenvalue weighted by Crippen LogP contribution is 2.51. The maximum absolute atomic E-state index is 12.6. The molecule has 1 saturated heterocycles. The van der Waals surface area contributed by atoms with E-state index in [9.17, 15) is 14.7 Å². The maximum Gasteiger partial charge on any atom is 0.365 e. The van der Waals surface area contributed by atoms with Crippen LogP contribution in [0.4, 0.5) is 0 Å². The minimum absolute atomic E-state index is 0.0228. The molecule has 2 aliphatic rings. The normalized spacial score (nSPS) is 25.0. The highest BCUT2D eigenvalue weighted by atomic mass is 32.2. The van der Waals surface area contributed by atoms with Gasteiger partial charge in [0.2, 0.25) is 14.5 Å². The second-order valence-corrected chi connectivity index (χ2v) is 9.57. The van der Waals surface area contributed by atoms with Gasteiger partial charge in [0.15, 0.2) is 0 Å². The van der Waals surface area contributed by atoms with Gasteiger partial charge in [0.25, 0.3) is 7.98 Å². The van der Waals surface area contributed by atoms with Crippen molar-refractivity contribution in [2.24, 2.45) is 16.5 Å². The van der Waals surface area contributed by atoms with Gasteiger partial charge < -0.3 is 19.2 Å². The van der Waals surface area contributed by atoms with Crippen LogP contribution in [0.25, 0.3) is 4.83 Å². The fourth-order valence-electron chi connectivity index (χ4n) is 4.04. The number of β-lactam (4-membered cyclic amide) rings is 1. The van der Waals surface area contributed by atoms with E-state index < -0.39 is 18.0 Å². The number of carbonyl (C=O) groups excluding carboxylic acids is 2. The van der Waals surface area contributed by atoms with Crippen LogP contribution in [-0.4, -0.2) is 57.1 Å². The average Bonchev–Trinajstić information content (AvgIpc) is 3.34. The van der Waals surface area contributed by atoms with E-state index in [2.05, 4.69) is 14.0 Å². The third-order valence-electron chi connectivity index (χ3n) is 5.29. The van der Waals surface area contributed by atoms with E-state index in [1.54, 1.807) is 18.3 Å². The molecule has 4 rings (SSSR count). The SMILES string of the molecule is [B]N=POC(=O)C1=C(SCCc2ncc3sccn23)[C@H](C)C2C(C(C)O)C(=O)N12. The molecular weight excluding hydrogens is 430 g/mol. The molecule has 3 unspecified atom stereocenters. The predicted octanol–water partition coefficient (Wildman–Crippen LogP) is 2.41. The summed E-state index contributed by atoms with van der Waals surface area (Å²) in [7, 11) is 5.04. The van der Waals surface area contributed by atoms with Crippen LogP contribution in [0.2, 0.25) is 0 Å². The van der Waals surface area contributed by atoms with Crippen molar-refractivity contribution in [1.29, 1.82) is 0 Å². The van der Waals surface area contributed by atoms with Crippen LogP contribution in [0.15, 0.2) is 33.0 Å². The van der Waals surface area contributed by atoms with Crippen LogP contribution in [0.3, 0.4) is 0 Å². The van der Waals surface area contributed by atoms with Crippen LogP contribution >= 0.6 is 31.7 Å². The molecule has 1 N–H and O–H groups in total. The molecule has 0 aromatic carbocycles. The number of amides is 1. The van der Waals surface area contributed by atoms with Gasteiger partial charge in [-0.15, -0.1) is 23.1 Å². The van der Waals surface area contributed by atoms with Crippen molar-refractivity contribution in [1.82, 2.24) is 14.3 Å². The Morgan fingerprint density at radius 3 is 3.10 bits per heavy atom. The smallest absolute Gasteiger partial charge is 0.365 e. The number of aryl methyl sites for hydroxylation is 1. The second-order valence-electron chi connectivity index (χ2n) is 6.93. The topological polar surface area (TPSA) is 96.5 Å². The fourth-order valence-corrected chi connectivity index (χ4v) is 6.18. The molecule has 2 aromatic heterocycles. The monoisotopic (exact) mass is 448 g/mol. The zero-order valence-corrected chi connectivity index (χ0v) is 18.3. The molecule has 1 fully saturated rings. The number of carbonyl (C=O) groups is 2. The molecule has 29 heavy (non-hydrogen) atoms. The molecule has 8 nitrogen and oxygen atoms in total. The van der Waals surface area contributed by atoms with E-state index in [0.29, 0.717) is 12.2 Å². The molecule has 0 saturated carbocycles. The first-order valence-corrected chi connectivity index (χ1v) is 11.7. The Bertz CT molecular complexity index is 1020. The Hall–Kier alpha value is -1.68. The molecule has 12 heteroatoms. The number of aliphatic hydroxyl groups is 1. The molecule has 4 atom stereocenters. The quantitative estimate of drug-likeness (QED) is 0.397. The zero-order chi connectivity index (χ0) is 20.7. The van der Waals surface area contributed by atoms with Gasteiger partial charge in [-0.1, -0.05) is 6.92 Å². The number of aromatic nitrogens is 2. The van der Waals surface area contributed by atoms with Crippen molar-refractivity contribution in [3.8, 4) is 0 Å². The minimum atomic E-state index is -0.776. The Kier molecular flexibility index (Phi) is 5.84. The number of hydrogen-bond donors (Lipinski definition) is 1. The predicted molar refractivity (Wildman–Crippen MR) is 112 cm³/mol. The Morgan fingerprint density at radius 1 is 1.59 bits per heavy atom. The van der Waals surface area contributed by atoms with E-state index >= 15 is 0 Å². The molecule has 2 aliphatic heterocycles. The molecule has 150 valence electrons. The number of thioether (sulfide) groups is 1. The van der Waals surface area contributed by atoms with Gasteiger partial charge in [0.05, 0.1) is 24.3 Å². The number of aliphatic hydroxyl groups excluding tert-OH is 1. The summed E-state index contributed by atoms with van der Waals surface area (Å²) in [5.41, 5.74) is 0.245. The summed E-state index contributed by atoms with van der Waals surface area (Å²) >= 11 is 3.15. The first-order chi connectivity index (χ1) is 14.0. The van der Waals surface area contributed by atoms with Crippen molar-refractivity contribution >= 4 is 56.4 Å². The number of thiazole rings is 1. The summed E-state index contributed by atoms with van der Waals surface area (Å²) in [6.07, 6.45) is 3.77. The van der Waals surface area contributed by atoms with Gasteiger partial charge in [0, 0.05) is 34.6 Å². The lowest BCUT2D eigenvalue weighted by atomic mass is 9.79. The third-order valence-corrected chi connectivity index (χ3v) is 7.72. The zero-order valence-electron chi connectivity index (χ0n) is 15.8. The molecule has 4 heterocycles. The highest BCUT2D eigenvalue weighted by molar-refractivity contribution is 8.03. The van der Waals surface area contributed by atoms with Crippen molar-refractivity contribution in [2.75, 3.05) is 5.75 Å². The lowest BCUT2D eigenvalue weighted by Crippen LogP contribution is -2.63. The van der Waals surface area contributed by atoms with Crippen molar-refractivity contribution < 1.29 is 19.2 Å². The molecule has 0 bridgehead atoms. The highest BCUT2D eigenvalue weighted by Gasteiger charge is 2.60. The number of rotatable bonds is 7. The first-order valence-electron chi connectivity index (χ1n) is 9.04. The van der Waals surface area contributed by atoms with Gasteiger partial charge in [-0.05, 0) is 6.92 Å². The summed E-state index contributed by atoms with van der Waals surface area (Å²) < 4.78 is 10.4. The van der Waals surface area contributed by atoms with E-state index in [-0.39, 0.29) is 32.2 Å². The van der Waals surface area contributed by atoms with Crippen LogP contribution in [0, 0.1) is 11.8 Å². The summed E-state index contributed by atoms with van der Waals surface area (Å²) in [5, 5.41) is 12.0. The van der Waals surface area contributed by atoms with Crippen LogP contribution < -0.4 is 0 Å². The summed E-state index contributed by atoms with van der Waals surface area (Å²) in [5.74, 6) is 0.169. The first kappa shape index (κ1) is 20.6. The van der Waals surface area contributed by atoms with E-state index in [1.165, 1.54) is 16.7 Å². The van der Waals surface area contributed by atoms with Crippen molar-refractivity contribution in [2.45, 2.75) is 32.4 Å². The fraction of sp³-hybridized carbons (Fsp3) is 0.471. The molecule has 0 aliphatic carbocycles. The van der Waals surface area contributed by atoms with Gasteiger partial charge in [-0.25, -0.2) is 9.78 Å².